The standard InChI is InChI=1S/C15H18N4O.ClH/c1-19-9-8-17-14(19)11-4-2-5-12(10-11)18-15(20)13-6-3-7-16-13;/h2,4-5,8-10,13,16H,3,6-7H2,1H3,(H,18,20);1H. The van der Waals surface area contributed by atoms with E-state index in [1.165, 1.54) is 0 Å². The Morgan fingerprint density at radius 2 is 2.33 bits per heavy atom. The van der Waals surface area contributed by atoms with Crippen LogP contribution in [0.5, 0.6) is 0 Å². The van der Waals surface area contributed by atoms with Gasteiger partial charge in [-0.2, -0.15) is 0 Å². The van der Waals surface area contributed by atoms with Crippen LogP contribution in [0.2, 0.25) is 0 Å². The number of aromatic nitrogens is 2. The van der Waals surface area contributed by atoms with Crippen LogP contribution in [0.4, 0.5) is 5.69 Å². The lowest BCUT2D eigenvalue weighted by Crippen LogP contribution is -2.35. The Kier molecular flexibility index (Phi) is 4.98. The number of benzene rings is 1. The fraction of sp³-hybridized carbons (Fsp3) is 0.333. The van der Waals surface area contributed by atoms with Crippen molar-refractivity contribution in [2.45, 2.75) is 18.9 Å². The highest BCUT2D eigenvalue weighted by Gasteiger charge is 2.21. The molecule has 1 atom stereocenters. The second kappa shape index (κ2) is 6.74. The Morgan fingerprint density at radius 1 is 1.48 bits per heavy atom. The molecule has 0 radical (unpaired) electrons. The van der Waals surface area contributed by atoms with Crippen molar-refractivity contribution in [3.63, 3.8) is 0 Å². The summed E-state index contributed by atoms with van der Waals surface area (Å²) in [5.41, 5.74) is 1.80. The second-order valence-corrected chi connectivity index (χ2v) is 5.08. The number of imidazole rings is 1. The Labute approximate surface area is 130 Å². The summed E-state index contributed by atoms with van der Waals surface area (Å²) in [4.78, 5) is 16.4. The van der Waals surface area contributed by atoms with E-state index in [1.807, 2.05) is 42.1 Å². The van der Waals surface area contributed by atoms with Gasteiger partial charge in [0.25, 0.3) is 0 Å². The summed E-state index contributed by atoms with van der Waals surface area (Å²) in [5.74, 6) is 0.930. The number of hydrogen-bond donors (Lipinski definition) is 2. The average Bonchev–Trinajstić information content (AvgIpc) is 3.10. The maximum atomic E-state index is 12.1. The first kappa shape index (κ1) is 15.5. The number of hydrogen-bond acceptors (Lipinski definition) is 3. The van der Waals surface area contributed by atoms with Crippen molar-refractivity contribution in [3.05, 3.63) is 36.7 Å². The number of nitrogens with zero attached hydrogens (tertiary/aromatic N) is 2. The predicted octanol–water partition coefficient (Wildman–Crippen LogP) is 2.20. The van der Waals surface area contributed by atoms with Crippen LogP contribution in [-0.2, 0) is 11.8 Å². The van der Waals surface area contributed by atoms with Gasteiger partial charge in [-0.25, -0.2) is 4.98 Å². The van der Waals surface area contributed by atoms with E-state index >= 15 is 0 Å². The third kappa shape index (κ3) is 3.43. The van der Waals surface area contributed by atoms with Gasteiger partial charge in [0.2, 0.25) is 5.91 Å². The van der Waals surface area contributed by atoms with Crippen LogP contribution in [0, 0.1) is 0 Å². The minimum absolute atomic E-state index is 0. The largest absolute Gasteiger partial charge is 0.334 e. The minimum atomic E-state index is -0.0631. The van der Waals surface area contributed by atoms with Crippen LogP contribution in [0.1, 0.15) is 12.8 Å². The van der Waals surface area contributed by atoms with Crippen LogP contribution in [-0.4, -0.2) is 28.0 Å². The van der Waals surface area contributed by atoms with Crippen molar-refractivity contribution < 1.29 is 4.79 Å². The summed E-state index contributed by atoms with van der Waals surface area (Å²) in [6.07, 6.45) is 5.64. The Morgan fingerprint density at radius 3 is 3.00 bits per heavy atom. The molecule has 1 aliphatic heterocycles. The fourth-order valence-electron chi connectivity index (χ4n) is 2.52. The molecule has 1 fully saturated rings. The van der Waals surface area contributed by atoms with Crippen molar-refractivity contribution >= 4 is 24.0 Å². The molecule has 0 spiro atoms. The molecule has 6 heteroatoms. The number of anilines is 1. The number of nitrogens with one attached hydrogen (secondary N) is 2. The van der Waals surface area contributed by atoms with Crippen molar-refractivity contribution in [3.8, 4) is 11.4 Å². The molecule has 3 rings (SSSR count). The monoisotopic (exact) mass is 306 g/mol. The van der Waals surface area contributed by atoms with E-state index in [0.717, 1.165) is 36.5 Å². The van der Waals surface area contributed by atoms with Gasteiger partial charge in [0.15, 0.2) is 0 Å². The van der Waals surface area contributed by atoms with Crippen LogP contribution in [0.3, 0.4) is 0 Å². The fourth-order valence-corrected chi connectivity index (χ4v) is 2.52. The molecule has 0 saturated carbocycles. The Hall–Kier alpha value is -1.85. The normalized spacial score (nSPS) is 17.3. The van der Waals surface area contributed by atoms with Crippen LogP contribution < -0.4 is 10.6 Å². The summed E-state index contributed by atoms with van der Waals surface area (Å²) in [5, 5.41) is 6.17. The van der Waals surface area contributed by atoms with Gasteiger partial charge in [0, 0.05) is 30.7 Å². The highest BCUT2D eigenvalue weighted by atomic mass is 35.5. The van der Waals surface area contributed by atoms with E-state index in [-0.39, 0.29) is 24.4 Å². The summed E-state index contributed by atoms with van der Waals surface area (Å²) in [7, 11) is 1.95. The van der Waals surface area contributed by atoms with Crippen molar-refractivity contribution in [1.82, 2.24) is 14.9 Å². The van der Waals surface area contributed by atoms with Gasteiger partial charge in [-0.15, -0.1) is 12.4 Å². The van der Waals surface area contributed by atoms with Crippen LogP contribution in [0.15, 0.2) is 36.7 Å². The molecule has 0 bridgehead atoms. The summed E-state index contributed by atoms with van der Waals surface area (Å²) >= 11 is 0. The van der Waals surface area contributed by atoms with E-state index < -0.39 is 0 Å². The molecule has 2 N–H and O–H groups in total. The SMILES string of the molecule is Cl.Cn1ccnc1-c1cccc(NC(=O)C2CCCN2)c1. The lowest BCUT2D eigenvalue weighted by Gasteiger charge is -2.12. The average molecular weight is 307 g/mol. The van der Waals surface area contributed by atoms with Crippen molar-refractivity contribution in [2.75, 3.05) is 11.9 Å². The van der Waals surface area contributed by atoms with Gasteiger partial charge >= 0.3 is 0 Å². The molecule has 21 heavy (non-hydrogen) atoms. The highest BCUT2D eigenvalue weighted by molar-refractivity contribution is 5.95. The van der Waals surface area contributed by atoms with Gasteiger partial charge in [0.05, 0.1) is 6.04 Å². The number of carbonyl (C=O) groups excluding carboxylic acids is 1. The summed E-state index contributed by atoms with van der Waals surface area (Å²) in [6.45, 7) is 0.922. The lowest BCUT2D eigenvalue weighted by atomic mass is 10.1. The molecular weight excluding hydrogens is 288 g/mol. The number of amides is 1. The van der Waals surface area contributed by atoms with E-state index in [0.29, 0.717) is 0 Å². The molecule has 2 heterocycles. The molecule has 0 aliphatic carbocycles. The van der Waals surface area contributed by atoms with Crippen LogP contribution >= 0.6 is 12.4 Å². The molecule has 1 saturated heterocycles. The zero-order chi connectivity index (χ0) is 13.9. The first-order chi connectivity index (χ1) is 9.74. The van der Waals surface area contributed by atoms with E-state index in [9.17, 15) is 4.79 Å². The van der Waals surface area contributed by atoms with Crippen molar-refractivity contribution in [2.24, 2.45) is 7.05 Å². The van der Waals surface area contributed by atoms with E-state index in [4.69, 9.17) is 0 Å². The van der Waals surface area contributed by atoms with Gasteiger partial charge in [-0.05, 0) is 31.5 Å². The summed E-state index contributed by atoms with van der Waals surface area (Å²) in [6, 6.07) is 7.72. The third-order valence-corrected chi connectivity index (χ3v) is 3.59. The van der Waals surface area contributed by atoms with Gasteiger partial charge in [-0.3, -0.25) is 4.79 Å². The van der Waals surface area contributed by atoms with Crippen molar-refractivity contribution in [1.29, 1.82) is 0 Å². The minimum Gasteiger partial charge on any atom is -0.334 e. The predicted molar refractivity (Wildman–Crippen MR) is 85.5 cm³/mol. The summed E-state index contributed by atoms with van der Waals surface area (Å²) < 4.78 is 1.96. The quantitative estimate of drug-likeness (QED) is 0.914. The number of halogens is 1. The molecular formula is C15H19ClN4O. The topological polar surface area (TPSA) is 59.0 Å². The zero-order valence-corrected chi connectivity index (χ0v) is 12.7. The number of aryl methyl sites for hydroxylation is 1. The van der Waals surface area contributed by atoms with E-state index in [1.54, 1.807) is 6.20 Å². The van der Waals surface area contributed by atoms with E-state index in [2.05, 4.69) is 15.6 Å². The first-order valence-electron chi connectivity index (χ1n) is 6.86. The maximum absolute atomic E-state index is 12.1. The lowest BCUT2D eigenvalue weighted by molar-refractivity contribution is -0.117. The number of carbonyl (C=O) groups is 1. The smallest absolute Gasteiger partial charge is 0.241 e. The molecule has 1 aliphatic rings. The molecule has 2 aromatic rings. The van der Waals surface area contributed by atoms with Gasteiger partial charge in [0.1, 0.15) is 5.82 Å². The Balaban J connectivity index is 0.00000161. The Bertz CT molecular complexity index is 620. The van der Waals surface area contributed by atoms with Gasteiger partial charge in [-0.1, -0.05) is 12.1 Å². The van der Waals surface area contributed by atoms with Crippen LogP contribution in [0.25, 0.3) is 11.4 Å². The maximum Gasteiger partial charge on any atom is 0.241 e. The first-order valence-corrected chi connectivity index (χ1v) is 6.86. The zero-order valence-electron chi connectivity index (χ0n) is 11.9. The number of rotatable bonds is 3. The molecule has 5 nitrogen and oxygen atoms in total. The van der Waals surface area contributed by atoms with Gasteiger partial charge < -0.3 is 15.2 Å². The molecule has 1 unspecified atom stereocenters. The molecule has 112 valence electrons. The molecule has 1 aromatic carbocycles. The highest BCUT2D eigenvalue weighted by Crippen LogP contribution is 2.21. The third-order valence-electron chi connectivity index (χ3n) is 3.59. The molecule has 1 aromatic heterocycles. The second-order valence-electron chi connectivity index (χ2n) is 5.08. The molecule has 1 amide bonds.